The van der Waals surface area contributed by atoms with Gasteiger partial charge in [-0.05, 0) is 35.4 Å². The van der Waals surface area contributed by atoms with Crippen LogP contribution in [0.25, 0.3) is 0 Å². The number of hydrogen-bond acceptors (Lipinski definition) is 3. The second-order valence-corrected chi connectivity index (χ2v) is 8.61. The summed E-state index contributed by atoms with van der Waals surface area (Å²) in [6.07, 6.45) is 2.13. The van der Waals surface area contributed by atoms with Crippen LogP contribution in [-0.2, 0) is 16.8 Å². The summed E-state index contributed by atoms with van der Waals surface area (Å²) in [5.74, 6) is 0.947. The first-order valence-corrected chi connectivity index (χ1v) is 10.6. The molecule has 3 aliphatic rings. The predicted octanol–water partition coefficient (Wildman–Crippen LogP) is 2.65. The molecule has 146 valence electrons. The Kier molecular flexibility index (Phi) is 4.69. The largest absolute Gasteiger partial charge is 0.342 e. The zero-order valence-corrected chi connectivity index (χ0v) is 16.4. The van der Waals surface area contributed by atoms with E-state index in [1.54, 1.807) is 0 Å². The molecule has 1 spiro atoms. The summed E-state index contributed by atoms with van der Waals surface area (Å²) < 4.78 is 0. The Bertz CT molecular complexity index is 844. The average molecular weight is 376 g/mol. The molecule has 0 aliphatic carbocycles. The number of fused-ring (bicyclic) bond motifs is 2. The first-order valence-electron chi connectivity index (χ1n) is 10.6. The summed E-state index contributed by atoms with van der Waals surface area (Å²) in [7, 11) is 0. The third-order valence-corrected chi connectivity index (χ3v) is 7.14. The van der Waals surface area contributed by atoms with Gasteiger partial charge in [0.05, 0.1) is 5.92 Å². The van der Waals surface area contributed by atoms with E-state index in [4.69, 9.17) is 0 Å². The van der Waals surface area contributed by atoms with Crippen molar-refractivity contribution in [2.45, 2.75) is 30.7 Å². The van der Waals surface area contributed by atoms with Gasteiger partial charge in [0.15, 0.2) is 0 Å². The molecule has 4 heteroatoms. The van der Waals surface area contributed by atoms with E-state index in [0.717, 1.165) is 52.1 Å². The lowest BCUT2D eigenvalue weighted by Gasteiger charge is -2.42. The molecule has 5 rings (SSSR count). The molecule has 2 N–H and O–H groups in total. The predicted molar refractivity (Wildman–Crippen MR) is 111 cm³/mol. The van der Waals surface area contributed by atoms with E-state index in [-0.39, 0.29) is 11.3 Å². The molecule has 2 atom stereocenters. The summed E-state index contributed by atoms with van der Waals surface area (Å²) in [6, 6.07) is 19.4. The fourth-order valence-corrected chi connectivity index (χ4v) is 5.60. The monoisotopic (exact) mass is 375 g/mol. The summed E-state index contributed by atoms with van der Waals surface area (Å²) in [5.41, 5.74) is 4.02. The number of nitrogens with one attached hydrogen (secondary N) is 2. The van der Waals surface area contributed by atoms with Gasteiger partial charge >= 0.3 is 0 Å². The molecule has 3 aliphatic heterocycles. The molecule has 0 aromatic heterocycles. The van der Waals surface area contributed by atoms with Crippen molar-refractivity contribution in [3.8, 4) is 0 Å². The number of benzene rings is 2. The number of piperidine rings is 1. The third-order valence-electron chi connectivity index (χ3n) is 7.14. The van der Waals surface area contributed by atoms with Gasteiger partial charge in [-0.1, -0.05) is 54.6 Å². The Morgan fingerprint density at radius 2 is 1.64 bits per heavy atom. The van der Waals surface area contributed by atoms with Gasteiger partial charge in [-0.2, -0.15) is 0 Å². The van der Waals surface area contributed by atoms with Gasteiger partial charge in [-0.25, -0.2) is 0 Å². The fraction of sp³-hybridized carbons (Fsp3) is 0.458. The van der Waals surface area contributed by atoms with E-state index in [0.29, 0.717) is 11.8 Å². The second-order valence-electron chi connectivity index (χ2n) is 8.61. The molecule has 2 aromatic carbocycles. The number of likely N-dealkylation sites (tertiary alicyclic amines) is 1. The first kappa shape index (κ1) is 17.9. The highest BCUT2D eigenvalue weighted by Crippen LogP contribution is 2.41. The Morgan fingerprint density at radius 3 is 2.46 bits per heavy atom. The number of rotatable bonds is 2. The maximum atomic E-state index is 13.6. The van der Waals surface area contributed by atoms with Gasteiger partial charge in [-0.15, -0.1) is 0 Å². The molecule has 1 unspecified atom stereocenters. The molecule has 0 saturated carbocycles. The molecule has 28 heavy (non-hydrogen) atoms. The first-order chi connectivity index (χ1) is 13.8. The van der Waals surface area contributed by atoms with Gasteiger partial charge in [0, 0.05) is 44.7 Å². The Hall–Kier alpha value is -2.17. The van der Waals surface area contributed by atoms with Crippen LogP contribution in [0.2, 0.25) is 0 Å². The molecule has 1 amide bonds. The normalized spacial score (nSPS) is 27.7. The van der Waals surface area contributed by atoms with Gasteiger partial charge in [0.1, 0.15) is 0 Å². The SMILES string of the molecule is O=C(C1CNC[C@]12CNCc1ccccc12)N1CCC(c2ccccc2)CC1. The molecule has 3 heterocycles. The smallest absolute Gasteiger partial charge is 0.227 e. The van der Waals surface area contributed by atoms with Crippen LogP contribution in [0.4, 0.5) is 0 Å². The van der Waals surface area contributed by atoms with Crippen LogP contribution in [0.15, 0.2) is 54.6 Å². The van der Waals surface area contributed by atoms with Crippen molar-refractivity contribution in [2.24, 2.45) is 5.92 Å². The minimum absolute atomic E-state index is 0.0229. The third kappa shape index (κ3) is 2.96. The molecule has 4 nitrogen and oxygen atoms in total. The van der Waals surface area contributed by atoms with Crippen molar-refractivity contribution in [3.63, 3.8) is 0 Å². The van der Waals surface area contributed by atoms with E-state index in [1.807, 2.05) is 0 Å². The van der Waals surface area contributed by atoms with Crippen molar-refractivity contribution < 1.29 is 4.79 Å². The van der Waals surface area contributed by atoms with Gasteiger partial charge in [0.25, 0.3) is 0 Å². The Balaban J connectivity index is 1.34. The number of amides is 1. The maximum Gasteiger partial charge on any atom is 0.227 e. The minimum atomic E-state index is -0.109. The molecular weight excluding hydrogens is 346 g/mol. The van der Waals surface area contributed by atoms with Crippen LogP contribution >= 0.6 is 0 Å². The number of carbonyl (C=O) groups is 1. The lowest BCUT2D eigenvalue weighted by Crippen LogP contribution is -2.54. The van der Waals surface area contributed by atoms with E-state index in [9.17, 15) is 4.79 Å². The zero-order chi connectivity index (χ0) is 19.0. The zero-order valence-electron chi connectivity index (χ0n) is 16.4. The lowest BCUT2D eigenvalue weighted by molar-refractivity contribution is -0.137. The number of nitrogens with zero attached hydrogens (tertiary/aromatic N) is 1. The average Bonchev–Trinajstić information content (AvgIpc) is 3.18. The minimum Gasteiger partial charge on any atom is -0.342 e. The summed E-state index contributed by atoms with van der Waals surface area (Å²) in [6.45, 7) is 5.21. The number of hydrogen-bond donors (Lipinski definition) is 2. The summed E-state index contributed by atoms with van der Waals surface area (Å²) in [4.78, 5) is 15.7. The van der Waals surface area contributed by atoms with E-state index < -0.39 is 0 Å². The van der Waals surface area contributed by atoms with Gasteiger partial charge in [0.2, 0.25) is 5.91 Å². The standard InChI is InChI=1S/C24H29N3O/c28-23(27-12-10-19(11-13-27)18-6-2-1-3-7-18)22-15-26-17-24(22)16-25-14-20-8-4-5-9-21(20)24/h1-9,19,22,25-26H,10-17H2/t22?,24-/m0/s1. The fourth-order valence-electron chi connectivity index (χ4n) is 5.60. The molecule has 2 aromatic rings. The van der Waals surface area contributed by atoms with Gasteiger partial charge in [-0.3, -0.25) is 4.79 Å². The molecular formula is C24H29N3O. The second kappa shape index (κ2) is 7.34. The Morgan fingerprint density at radius 1 is 0.929 bits per heavy atom. The van der Waals surface area contributed by atoms with Gasteiger partial charge < -0.3 is 15.5 Å². The highest BCUT2D eigenvalue weighted by atomic mass is 16.2. The van der Waals surface area contributed by atoms with Crippen LogP contribution < -0.4 is 10.6 Å². The number of carbonyl (C=O) groups excluding carboxylic acids is 1. The summed E-state index contributed by atoms with van der Waals surface area (Å²) in [5, 5.41) is 7.12. The van der Waals surface area contributed by atoms with E-state index in [1.165, 1.54) is 16.7 Å². The van der Waals surface area contributed by atoms with E-state index >= 15 is 0 Å². The van der Waals surface area contributed by atoms with Crippen molar-refractivity contribution in [3.05, 3.63) is 71.3 Å². The van der Waals surface area contributed by atoms with Crippen molar-refractivity contribution in [2.75, 3.05) is 32.7 Å². The van der Waals surface area contributed by atoms with Crippen molar-refractivity contribution in [1.82, 2.24) is 15.5 Å². The van der Waals surface area contributed by atoms with Crippen LogP contribution in [0.3, 0.4) is 0 Å². The maximum absolute atomic E-state index is 13.6. The van der Waals surface area contributed by atoms with E-state index in [2.05, 4.69) is 70.1 Å². The highest BCUT2D eigenvalue weighted by Gasteiger charge is 2.51. The van der Waals surface area contributed by atoms with Crippen molar-refractivity contribution in [1.29, 1.82) is 0 Å². The molecule has 0 bridgehead atoms. The van der Waals surface area contributed by atoms with Crippen LogP contribution in [0, 0.1) is 5.92 Å². The van der Waals surface area contributed by atoms with Crippen molar-refractivity contribution >= 4 is 5.91 Å². The topological polar surface area (TPSA) is 44.4 Å². The highest BCUT2D eigenvalue weighted by molar-refractivity contribution is 5.82. The van der Waals surface area contributed by atoms with Crippen LogP contribution in [0.1, 0.15) is 35.4 Å². The molecule has 2 saturated heterocycles. The van der Waals surface area contributed by atoms with Crippen LogP contribution in [0.5, 0.6) is 0 Å². The lowest BCUT2D eigenvalue weighted by atomic mass is 9.68. The summed E-state index contributed by atoms with van der Waals surface area (Å²) >= 11 is 0. The molecule has 2 fully saturated rings. The van der Waals surface area contributed by atoms with Crippen LogP contribution in [-0.4, -0.2) is 43.5 Å². The quantitative estimate of drug-likeness (QED) is 0.848. The molecule has 0 radical (unpaired) electrons. The Labute approximate surface area is 167 Å².